The summed E-state index contributed by atoms with van der Waals surface area (Å²) in [6.45, 7) is 0.794. The molecule has 4 rings (SSSR count). The van der Waals surface area contributed by atoms with Crippen LogP contribution < -0.4 is 5.32 Å². The molecule has 0 saturated carbocycles. The normalized spacial score (nSPS) is 11.2. The SMILES string of the molecule is Clc1ccc(CCNc2nc(Cl)c(Cc3c[nH]c4ncccc34)s2)cc1. The van der Waals surface area contributed by atoms with Gasteiger partial charge in [0, 0.05) is 35.8 Å². The molecule has 7 heteroatoms. The lowest BCUT2D eigenvalue weighted by atomic mass is 10.1. The van der Waals surface area contributed by atoms with Gasteiger partial charge in [-0.1, -0.05) is 35.3 Å². The number of H-pyrrole nitrogens is 1. The Morgan fingerprint density at radius 3 is 2.81 bits per heavy atom. The summed E-state index contributed by atoms with van der Waals surface area (Å²) in [5, 5.41) is 6.63. The second kappa shape index (κ2) is 7.66. The van der Waals surface area contributed by atoms with E-state index < -0.39 is 0 Å². The summed E-state index contributed by atoms with van der Waals surface area (Å²) in [6.07, 6.45) is 5.41. The van der Waals surface area contributed by atoms with Crippen molar-refractivity contribution in [3.8, 4) is 0 Å². The first-order valence-electron chi connectivity index (χ1n) is 8.23. The summed E-state index contributed by atoms with van der Waals surface area (Å²) in [7, 11) is 0. The highest BCUT2D eigenvalue weighted by atomic mass is 35.5. The van der Waals surface area contributed by atoms with Crippen molar-refractivity contribution in [2.24, 2.45) is 0 Å². The third-order valence-corrected chi connectivity index (χ3v) is 5.83. The maximum Gasteiger partial charge on any atom is 0.184 e. The number of benzene rings is 1. The number of nitrogens with zero attached hydrogens (tertiary/aromatic N) is 2. The third kappa shape index (κ3) is 3.85. The number of aromatic amines is 1. The second-order valence-electron chi connectivity index (χ2n) is 5.93. The van der Waals surface area contributed by atoms with Gasteiger partial charge < -0.3 is 10.3 Å². The number of anilines is 1. The van der Waals surface area contributed by atoms with Crippen molar-refractivity contribution in [2.75, 3.05) is 11.9 Å². The van der Waals surface area contributed by atoms with Crippen LogP contribution in [-0.4, -0.2) is 21.5 Å². The molecule has 4 aromatic rings. The molecule has 0 aliphatic rings. The number of fused-ring (bicyclic) bond motifs is 1. The van der Waals surface area contributed by atoms with E-state index in [4.69, 9.17) is 23.2 Å². The van der Waals surface area contributed by atoms with E-state index in [9.17, 15) is 0 Å². The van der Waals surface area contributed by atoms with Crippen molar-refractivity contribution in [1.82, 2.24) is 15.0 Å². The first kappa shape index (κ1) is 17.3. The number of thiazole rings is 1. The van der Waals surface area contributed by atoms with Gasteiger partial charge in [0.2, 0.25) is 0 Å². The number of aromatic nitrogens is 3. The Bertz CT molecular complexity index is 1020. The fourth-order valence-corrected chi connectivity index (χ4v) is 4.16. The predicted molar refractivity (Wildman–Crippen MR) is 110 cm³/mol. The van der Waals surface area contributed by atoms with Gasteiger partial charge in [-0.25, -0.2) is 9.97 Å². The smallest absolute Gasteiger partial charge is 0.184 e. The summed E-state index contributed by atoms with van der Waals surface area (Å²) < 4.78 is 0. The lowest BCUT2D eigenvalue weighted by Gasteiger charge is -2.03. The van der Waals surface area contributed by atoms with Crippen LogP contribution in [0.3, 0.4) is 0 Å². The van der Waals surface area contributed by atoms with E-state index in [0.29, 0.717) is 5.15 Å². The van der Waals surface area contributed by atoms with E-state index in [-0.39, 0.29) is 0 Å². The van der Waals surface area contributed by atoms with Crippen molar-refractivity contribution in [1.29, 1.82) is 0 Å². The second-order valence-corrected chi connectivity index (χ2v) is 7.80. The fourth-order valence-electron chi connectivity index (χ4n) is 2.81. The first-order chi connectivity index (χ1) is 12.7. The Balaban J connectivity index is 1.41. The Labute approximate surface area is 165 Å². The van der Waals surface area contributed by atoms with Gasteiger partial charge in [0.25, 0.3) is 0 Å². The van der Waals surface area contributed by atoms with Crippen LogP contribution in [0.5, 0.6) is 0 Å². The van der Waals surface area contributed by atoms with E-state index in [2.05, 4.69) is 26.3 Å². The molecular weight excluding hydrogens is 387 g/mol. The van der Waals surface area contributed by atoms with E-state index in [1.807, 2.05) is 36.5 Å². The minimum Gasteiger partial charge on any atom is -0.361 e. The van der Waals surface area contributed by atoms with Gasteiger partial charge in [-0.05, 0) is 41.8 Å². The van der Waals surface area contributed by atoms with Gasteiger partial charge in [0.05, 0.1) is 4.88 Å². The molecule has 3 aromatic heterocycles. The Kier molecular flexibility index (Phi) is 5.11. The Morgan fingerprint density at radius 2 is 1.96 bits per heavy atom. The zero-order chi connectivity index (χ0) is 17.9. The molecule has 0 fully saturated rings. The van der Waals surface area contributed by atoms with E-state index in [1.165, 1.54) is 11.1 Å². The van der Waals surface area contributed by atoms with E-state index >= 15 is 0 Å². The van der Waals surface area contributed by atoms with Crippen LogP contribution in [0.1, 0.15) is 16.0 Å². The van der Waals surface area contributed by atoms with Gasteiger partial charge in [-0.15, -0.1) is 11.3 Å². The lowest BCUT2D eigenvalue weighted by molar-refractivity contribution is 1.02. The monoisotopic (exact) mass is 402 g/mol. The topological polar surface area (TPSA) is 53.6 Å². The van der Waals surface area contributed by atoms with Crippen LogP contribution >= 0.6 is 34.5 Å². The molecule has 26 heavy (non-hydrogen) atoms. The Morgan fingerprint density at radius 1 is 1.12 bits per heavy atom. The summed E-state index contributed by atoms with van der Waals surface area (Å²) in [6, 6.07) is 11.9. The molecule has 0 bridgehead atoms. The van der Waals surface area contributed by atoms with Crippen molar-refractivity contribution in [3.05, 3.63) is 75.0 Å². The van der Waals surface area contributed by atoms with Gasteiger partial charge in [0.15, 0.2) is 5.13 Å². The number of pyridine rings is 1. The number of hydrogen-bond donors (Lipinski definition) is 2. The summed E-state index contributed by atoms with van der Waals surface area (Å²) in [5.41, 5.74) is 3.30. The summed E-state index contributed by atoms with van der Waals surface area (Å²) in [5.74, 6) is 0. The molecule has 0 unspecified atom stereocenters. The van der Waals surface area contributed by atoms with E-state index in [0.717, 1.165) is 45.5 Å². The van der Waals surface area contributed by atoms with Gasteiger partial charge in [-0.2, -0.15) is 0 Å². The van der Waals surface area contributed by atoms with Crippen molar-refractivity contribution < 1.29 is 0 Å². The average Bonchev–Trinajstić information content (AvgIpc) is 3.21. The quantitative estimate of drug-likeness (QED) is 0.443. The largest absolute Gasteiger partial charge is 0.361 e. The minimum atomic E-state index is 0.558. The third-order valence-electron chi connectivity index (χ3n) is 4.14. The van der Waals surface area contributed by atoms with Crippen LogP contribution in [0.4, 0.5) is 5.13 Å². The maximum absolute atomic E-state index is 6.35. The number of hydrogen-bond acceptors (Lipinski definition) is 4. The molecule has 3 heterocycles. The van der Waals surface area contributed by atoms with E-state index in [1.54, 1.807) is 17.5 Å². The predicted octanol–water partition coefficient (Wildman–Crippen LogP) is 5.57. The molecular formula is C19H16Cl2N4S. The van der Waals surface area contributed by atoms with Crippen LogP contribution in [0.25, 0.3) is 11.0 Å². The average molecular weight is 403 g/mol. The highest BCUT2D eigenvalue weighted by Gasteiger charge is 2.12. The van der Waals surface area contributed by atoms with Crippen LogP contribution in [0.15, 0.2) is 48.8 Å². The highest BCUT2D eigenvalue weighted by Crippen LogP contribution is 2.30. The first-order valence-corrected chi connectivity index (χ1v) is 9.81. The molecule has 4 nitrogen and oxygen atoms in total. The van der Waals surface area contributed by atoms with Gasteiger partial charge in [-0.3, -0.25) is 0 Å². The molecule has 0 aliphatic heterocycles. The zero-order valence-electron chi connectivity index (χ0n) is 13.8. The summed E-state index contributed by atoms with van der Waals surface area (Å²) in [4.78, 5) is 13.0. The van der Waals surface area contributed by atoms with Crippen molar-refractivity contribution >= 4 is 50.7 Å². The lowest BCUT2D eigenvalue weighted by Crippen LogP contribution is -2.04. The number of nitrogens with one attached hydrogen (secondary N) is 2. The maximum atomic E-state index is 6.35. The molecule has 0 saturated heterocycles. The van der Waals surface area contributed by atoms with Crippen LogP contribution in [0, 0.1) is 0 Å². The molecule has 2 N–H and O–H groups in total. The molecule has 132 valence electrons. The number of rotatable bonds is 6. The molecule has 0 radical (unpaired) electrons. The highest BCUT2D eigenvalue weighted by molar-refractivity contribution is 7.16. The molecule has 0 amide bonds. The molecule has 0 aliphatic carbocycles. The minimum absolute atomic E-state index is 0.558. The van der Waals surface area contributed by atoms with Gasteiger partial charge in [0.1, 0.15) is 10.8 Å². The van der Waals surface area contributed by atoms with Crippen molar-refractivity contribution in [3.63, 3.8) is 0 Å². The Hall–Kier alpha value is -2.08. The zero-order valence-corrected chi connectivity index (χ0v) is 16.1. The molecule has 0 atom stereocenters. The molecule has 1 aromatic carbocycles. The molecule has 0 spiro atoms. The van der Waals surface area contributed by atoms with Gasteiger partial charge >= 0.3 is 0 Å². The fraction of sp³-hybridized carbons (Fsp3) is 0.158. The van der Waals surface area contributed by atoms with Crippen molar-refractivity contribution in [2.45, 2.75) is 12.8 Å². The summed E-state index contributed by atoms with van der Waals surface area (Å²) >= 11 is 13.9. The van der Waals surface area contributed by atoms with Crippen LogP contribution in [-0.2, 0) is 12.8 Å². The number of halogens is 2. The van der Waals surface area contributed by atoms with Crippen LogP contribution in [0.2, 0.25) is 10.2 Å². The standard InChI is InChI=1S/C19H16Cl2N4S/c20-14-5-3-12(4-6-14)7-9-23-19-25-17(21)16(26-19)10-13-11-24-18-15(13)2-1-8-22-18/h1-6,8,11H,7,9-10H2,(H,22,24)(H,23,25).